The molecule has 1 aliphatic heterocycles. The molecule has 0 saturated carbocycles. The second-order valence-electron chi connectivity index (χ2n) is 7.36. The predicted octanol–water partition coefficient (Wildman–Crippen LogP) is 2.54. The highest BCUT2D eigenvalue weighted by Gasteiger charge is 2.26. The first kappa shape index (κ1) is 21.1. The van der Waals surface area contributed by atoms with Crippen LogP contribution in [0.25, 0.3) is 11.4 Å². The van der Waals surface area contributed by atoms with Gasteiger partial charge in [-0.2, -0.15) is 9.10 Å². The van der Waals surface area contributed by atoms with Crippen molar-refractivity contribution in [3.05, 3.63) is 54.6 Å². The summed E-state index contributed by atoms with van der Waals surface area (Å²) in [7, 11) is -3.45. The van der Waals surface area contributed by atoms with E-state index in [4.69, 9.17) is 0 Å². The fourth-order valence-electron chi connectivity index (χ4n) is 3.43. The first-order valence-corrected chi connectivity index (χ1v) is 11.7. The summed E-state index contributed by atoms with van der Waals surface area (Å²) in [4.78, 5) is 13.9. The van der Waals surface area contributed by atoms with E-state index in [1.54, 1.807) is 12.1 Å². The Hall–Kier alpha value is -3.11. The van der Waals surface area contributed by atoms with Crippen molar-refractivity contribution in [3.63, 3.8) is 0 Å². The maximum atomic E-state index is 12.6. The lowest BCUT2D eigenvalue weighted by atomic mass is 10.2. The number of carbonyl (C=O) groups excluding carboxylic acids is 1. The Bertz CT molecular complexity index is 1120. The van der Waals surface area contributed by atoms with Gasteiger partial charge < -0.3 is 5.32 Å². The molecule has 0 atom stereocenters. The van der Waals surface area contributed by atoms with Crippen LogP contribution < -0.4 is 5.32 Å². The molecule has 9 nitrogen and oxygen atoms in total. The van der Waals surface area contributed by atoms with E-state index in [1.165, 1.54) is 21.2 Å². The average molecular weight is 441 g/mol. The topological polar surface area (TPSA) is 110 Å². The molecule has 0 aliphatic carbocycles. The SMILES string of the molecule is O=C(CCCn1nnc(-c2ccccc2)n1)Nc1ccc(S(=O)(=O)N2CCCC2)cc1. The lowest BCUT2D eigenvalue weighted by Crippen LogP contribution is -2.27. The first-order chi connectivity index (χ1) is 15.0. The smallest absolute Gasteiger partial charge is 0.243 e. The monoisotopic (exact) mass is 440 g/mol. The average Bonchev–Trinajstić information content (AvgIpc) is 3.48. The molecule has 0 spiro atoms. The standard InChI is InChI=1S/C21H24N6O3S/c28-20(9-6-16-27-24-21(23-25-27)17-7-2-1-3-8-17)22-18-10-12-19(13-11-18)31(29,30)26-14-4-5-15-26/h1-3,7-8,10-13H,4-6,9,14-16H2,(H,22,28). The van der Waals surface area contributed by atoms with Crippen LogP contribution in [-0.2, 0) is 21.4 Å². The second-order valence-corrected chi connectivity index (χ2v) is 9.30. The van der Waals surface area contributed by atoms with E-state index in [0.29, 0.717) is 37.6 Å². The van der Waals surface area contributed by atoms with Crippen molar-refractivity contribution in [1.82, 2.24) is 24.5 Å². The molecule has 0 radical (unpaired) electrons. The molecule has 0 bridgehead atoms. The minimum absolute atomic E-state index is 0.154. The van der Waals surface area contributed by atoms with Crippen LogP contribution in [0.2, 0.25) is 0 Å². The fraction of sp³-hybridized carbons (Fsp3) is 0.333. The zero-order valence-electron chi connectivity index (χ0n) is 17.0. The van der Waals surface area contributed by atoms with Crippen LogP contribution in [0, 0.1) is 0 Å². The number of hydrogen-bond donors (Lipinski definition) is 1. The lowest BCUT2D eigenvalue weighted by molar-refractivity contribution is -0.116. The number of rotatable bonds is 8. The first-order valence-electron chi connectivity index (χ1n) is 10.3. The highest BCUT2D eigenvalue weighted by Crippen LogP contribution is 2.22. The van der Waals surface area contributed by atoms with Gasteiger partial charge in [-0.15, -0.1) is 10.2 Å². The van der Waals surface area contributed by atoms with Crippen LogP contribution in [-0.4, -0.2) is 51.9 Å². The number of anilines is 1. The molecule has 3 aromatic rings. The van der Waals surface area contributed by atoms with E-state index >= 15 is 0 Å². The highest BCUT2D eigenvalue weighted by molar-refractivity contribution is 7.89. The van der Waals surface area contributed by atoms with Crippen LogP contribution in [0.1, 0.15) is 25.7 Å². The quantitative estimate of drug-likeness (QED) is 0.576. The molecular weight excluding hydrogens is 416 g/mol. The number of tetrazole rings is 1. The summed E-state index contributed by atoms with van der Waals surface area (Å²) < 4.78 is 26.6. The maximum absolute atomic E-state index is 12.6. The number of sulfonamides is 1. The van der Waals surface area contributed by atoms with Gasteiger partial charge in [0.25, 0.3) is 0 Å². The third-order valence-corrected chi connectivity index (χ3v) is 7.00. The molecule has 1 aromatic heterocycles. The van der Waals surface area contributed by atoms with E-state index in [2.05, 4.69) is 20.7 Å². The molecule has 2 heterocycles. The van der Waals surface area contributed by atoms with E-state index in [1.807, 2.05) is 30.3 Å². The number of amides is 1. The van der Waals surface area contributed by atoms with E-state index in [0.717, 1.165) is 18.4 Å². The van der Waals surface area contributed by atoms with Crippen LogP contribution in [0.5, 0.6) is 0 Å². The summed E-state index contributed by atoms with van der Waals surface area (Å²) >= 11 is 0. The van der Waals surface area contributed by atoms with E-state index in [-0.39, 0.29) is 17.2 Å². The summed E-state index contributed by atoms with van der Waals surface area (Å²) in [6.07, 6.45) is 2.63. The zero-order valence-corrected chi connectivity index (χ0v) is 17.8. The number of aryl methyl sites for hydroxylation is 1. The highest BCUT2D eigenvalue weighted by atomic mass is 32.2. The van der Waals surface area contributed by atoms with Crippen LogP contribution >= 0.6 is 0 Å². The van der Waals surface area contributed by atoms with Gasteiger partial charge in [0.1, 0.15) is 0 Å². The summed E-state index contributed by atoms with van der Waals surface area (Å²) in [5.74, 6) is 0.396. The van der Waals surface area contributed by atoms with Crippen molar-refractivity contribution in [2.75, 3.05) is 18.4 Å². The largest absolute Gasteiger partial charge is 0.326 e. The Morgan fingerprint density at radius 2 is 1.71 bits per heavy atom. The van der Waals surface area contributed by atoms with Gasteiger partial charge in [-0.1, -0.05) is 30.3 Å². The summed E-state index contributed by atoms with van der Waals surface area (Å²) in [6.45, 7) is 1.60. The van der Waals surface area contributed by atoms with Crippen LogP contribution in [0.4, 0.5) is 5.69 Å². The zero-order chi connectivity index (χ0) is 21.7. The lowest BCUT2D eigenvalue weighted by Gasteiger charge is -2.15. The normalized spacial score (nSPS) is 14.6. The van der Waals surface area contributed by atoms with Gasteiger partial charge in [-0.25, -0.2) is 8.42 Å². The molecule has 1 N–H and O–H groups in total. The number of nitrogens with one attached hydrogen (secondary N) is 1. The minimum atomic E-state index is -3.45. The van der Waals surface area contributed by atoms with Gasteiger partial charge >= 0.3 is 0 Å². The number of carbonyl (C=O) groups is 1. The van der Waals surface area contributed by atoms with Crippen molar-refractivity contribution in [2.24, 2.45) is 0 Å². The Morgan fingerprint density at radius 3 is 2.42 bits per heavy atom. The Labute approximate surface area is 181 Å². The van der Waals surface area contributed by atoms with Crippen molar-refractivity contribution in [3.8, 4) is 11.4 Å². The Kier molecular flexibility index (Phi) is 6.38. The molecule has 1 amide bonds. The summed E-state index contributed by atoms with van der Waals surface area (Å²) in [5, 5.41) is 15.2. The van der Waals surface area contributed by atoms with Crippen molar-refractivity contribution in [1.29, 1.82) is 0 Å². The molecule has 1 fully saturated rings. The fourth-order valence-corrected chi connectivity index (χ4v) is 4.95. The molecule has 162 valence electrons. The minimum Gasteiger partial charge on any atom is -0.326 e. The van der Waals surface area contributed by atoms with Crippen molar-refractivity contribution in [2.45, 2.75) is 37.1 Å². The molecule has 31 heavy (non-hydrogen) atoms. The molecular formula is C21H24N6O3S. The van der Waals surface area contributed by atoms with Crippen LogP contribution in [0.15, 0.2) is 59.5 Å². The summed E-state index contributed by atoms with van der Waals surface area (Å²) in [5.41, 5.74) is 1.46. The van der Waals surface area contributed by atoms with Crippen molar-refractivity contribution < 1.29 is 13.2 Å². The third kappa shape index (κ3) is 5.15. The van der Waals surface area contributed by atoms with Gasteiger partial charge in [0.2, 0.25) is 21.8 Å². The Balaban J connectivity index is 1.26. The van der Waals surface area contributed by atoms with E-state index < -0.39 is 10.0 Å². The second kappa shape index (κ2) is 9.36. The number of nitrogens with zero attached hydrogens (tertiary/aromatic N) is 5. The van der Waals surface area contributed by atoms with Crippen molar-refractivity contribution >= 4 is 21.6 Å². The molecule has 0 unspecified atom stereocenters. The molecule has 4 rings (SSSR count). The van der Waals surface area contributed by atoms with Crippen LogP contribution in [0.3, 0.4) is 0 Å². The third-order valence-electron chi connectivity index (χ3n) is 5.09. The van der Waals surface area contributed by atoms with Gasteiger partial charge in [0.15, 0.2) is 0 Å². The molecule has 2 aromatic carbocycles. The summed E-state index contributed by atoms with van der Waals surface area (Å²) in [6, 6.07) is 15.9. The number of aromatic nitrogens is 4. The Morgan fingerprint density at radius 1 is 1.00 bits per heavy atom. The van der Waals surface area contributed by atoms with Gasteiger partial charge in [0.05, 0.1) is 11.4 Å². The van der Waals surface area contributed by atoms with Gasteiger partial charge in [-0.05, 0) is 48.7 Å². The number of benzene rings is 2. The molecule has 10 heteroatoms. The number of hydrogen-bond acceptors (Lipinski definition) is 6. The van der Waals surface area contributed by atoms with E-state index in [9.17, 15) is 13.2 Å². The van der Waals surface area contributed by atoms with Gasteiger partial charge in [-0.3, -0.25) is 4.79 Å². The maximum Gasteiger partial charge on any atom is 0.243 e. The van der Waals surface area contributed by atoms with Gasteiger partial charge in [0, 0.05) is 30.8 Å². The molecule has 1 saturated heterocycles. The predicted molar refractivity (Wildman–Crippen MR) is 116 cm³/mol. The molecule has 1 aliphatic rings.